The van der Waals surface area contributed by atoms with Crippen molar-refractivity contribution in [2.24, 2.45) is 0 Å². The Hall–Kier alpha value is -2.06. The lowest BCUT2D eigenvalue weighted by molar-refractivity contribution is -0.137. The Morgan fingerprint density at radius 1 is 1.07 bits per heavy atom. The van der Waals surface area contributed by atoms with Crippen LogP contribution in [0, 0.1) is 0 Å². The van der Waals surface area contributed by atoms with Crippen LogP contribution >= 0.6 is 0 Å². The van der Waals surface area contributed by atoms with Crippen LogP contribution in [0.25, 0.3) is 0 Å². The number of furan rings is 1. The van der Waals surface area contributed by atoms with E-state index < -0.39 is 11.7 Å². The minimum absolute atomic E-state index is 0.342. The van der Waals surface area contributed by atoms with E-state index in [1.54, 1.807) is 6.26 Å². The zero-order chi connectivity index (χ0) is 20.3. The first-order valence-electron chi connectivity index (χ1n) is 10.3. The molecule has 0 radical (unpaired) electrons. The second-order valence-corrected chi connectivity index (χ2v) is 7.98. The second-order valence-electron chi connectivity index (χ2n) is 7.98. The molecule has 0 unspecified atom stereocenters. The molecule has 2 aliphatic heterocycles. The molecule has 8 heteroatoms. The molecule has 4 rings (SSSR count). The van der Waals surface area contributed by atoms with Crippen LogP contribution in [0.1, 0.15) is 37.0 Å². The number of aromatic nitrogens is 1. The number of piperidine rings is 2. The van der Waals surface area contributed by atoms with Crippen LogP contribution in [0.5, 0.6) is 0 Å². The third-order valence-corrected chi connectivity index (χ3v) is 5.84. The second kappa shape index (κ2) is 8.75. The topological polar surface area (TPSA) is 44.5 Å². The van der Waals surface area contributed by atoms with Crippen LogP contribution in [0.4, 0.5) is 19.0 Å². The third kappa shape index (κ3) is 5.30. The summed E-state index contributed by atoms with van der Waals surface area (Å²) in [6, 6.07) is 7.36. The van der Waals surface area contributed by atoms with Crippen molar-refractivity contribution in [3.05, 3.63) is 48.0 Å². The summed E-state index contributed by atoms with van der Waals surface area (Å²) in [7, 11) is 0. The number of nitrogens with one attached hydrogen (secondary N) is 1. The molecule has 0 amide bonds. The largest absolute Gasteiger partial charge is 0.468 e. The number of hydrogen-bond donors (Lipinski definition) is 1. The summed E-state index contributed by atoms with van der Waals surface area (Å²) in [4.78, 5) is 8.56. The van der Waals surface area contributed by atoms with E-state index in [2.05, 4.69) is 20.1 Å². The van der Waals surface area contributed by atoms with Gasteiger partial charge in [0.25, 0.3) is 0 Å². The minimum atomic E-state index is -4.34. The van der Waals surface area contributed by atoms with Gasteiger partial charge in [-0.25, -0.2) is 4.98 Å². The average molecular weight is 408 g/mol. The first-order chi connectivity index (χ1) is 14.0. The fourth-order valence-electron chi connectivity index (χ4n) is 4.28. The number of pyridine rings is 1. The molecular formula is C21H27F3N4O. The molecule has 0 bridgehead atoms. The number of likely N-dealkylation sites (tertiary alicyclic amines) is 1. The van der Waals surface area contributed by atoms with Gasteiger partial charge in [-0.1, -0.05) is 0 Å². The Balaban J connectivity index is 1.26. The molecule has 0 aliphatic carbocycles. The van der Waals surface area contributed by atoms with Gasteiger partial charge in [0.15, 0.2) is 0 Å². The third-order valence-electron chi connectivity index (χ3n) is 5.84. The Kier molecular flexibility index (Phi) is 6.10. The molecule has 0 saturated carbocycles. The van der Waals surface area contributed by atoms with Gasteiger partial charge in [0.1, 0.15) is 11.6 Å². The molecular weight excluding hydrogens is 381 g/mol. The van der Waals surface area contributed by atoms with Crippen LogP contribution in [0.15, 0.2) is 41.1 Å². The van der Waals surface area contributed by atoms with E-state index >= 15 is 0 Å². The predicted molar refractivity (Wildman–Crippen MR) is 105 cm³/mol. The maximum absolute atomic E-state index is 12.7. The molecule has 4 heterocycles. The molecule has 5 nitrogen and oxygen atoms in total. The van der Waals surface area contributed by atoms with Gasteiger partial charge in [-0.05, 0) is 49.9 Å². The van der Waals surface area contributed by atoms with E-state index in [1.807, 2.05) is 12.1 Å². The van der Waals surface area contributed by atoms with Crippen molar-refractivity contribution < 1.29 is 17.6 Å². The summed E-state index contributed by atoms with van der Waals surface area (Å²) in [6.07, 6.45) is 2.58. The first-order valence-corrected chi connectivity index (χ1v) is 10.3. The summed E-state index contributed by atoms with van der Waals surface area (Å²) in [5, 5.41) is 3.77. The van der Waals surface area contributed by atoms with Crippen molar-refractivity contribution in [1.82, 2.24) is 15.2 Å². The van der Waals surface area contributed by atoms with E-state index in [0.29, 0.717) is 17.9 Å². The SMILES string of the molecule is FC(F)(F)c1ccc(N2CCC[C@@H](NC3CCN(Cc4ccco4)CC3)C2)nc1. The summed E-state index contributed by atoms with van der Waals surface area (Å²) < 4.78 is 43.7. The molecule has 0 aromatic carbocycles. The lowest BCUT2D eigenvalue weighted by Gasteiger charge is -2.38. The quantitative estimate of drug-likeness (QED) is 0.813. The maximum atomic E-state index is 12.7. The Bertz CT molecular complexity index is 755. The average Bonchev–Trinajstić information content (AvgIpc) is 3.22. The summed E-state index contributed by atoms with van der Waals surface area (Å²) >= 11 is 0. The fraction of sp³-hybridized carbons (Fsp3) is 0.571. The number of nitrogens with zero attached hydrogens (tertiary/aromatic N) is 3. The number of alkyl halides is 3. The molecule has 1 atom stereocenters. The van der Waals surface area contributed by atoms with Gasteiger partial charge in [0.05, 0.1) is 18.4 Å². The minimum Gasteiger partial charge on any atom is -0.468 e. The van der Waals surface area contributed by atoms with Crippen molar-refractivity contribution >= 4 is 5.82 Å². The van der Waals surface area contributed by atoms with Crippen molar-refractivity contribution in [3.63, 3.8) is 0 Å². The standard InChI is InChI=1S/C21H27F3N4O/c22-21(23,24)16-5-6-20(25-13-16)28-9-1-3-18(14-28)26-17-7-10-27(11-8-17)15-19-4-2-12-29-19/h2,4-6,12-13,17-18,26H,1,3,7-11,14-15H2/t18-/m1/s1. The van der Waals surface area contributed by atoms with Gasteiger partial charge in [-0.15, -0.1) is 0 Å². The van der Waals surface area contributed by atoms with Gasteiger partial charge in [-0.3, -0.25) is 4.90 Å². The van der Waals surface area contributed by atoms with Gasteiger partial charge in [0.2, 0.25) is 0 Å². The Morgan fingerprint density at radius 2 is 1.90 bits per heavy atom. The lowest BCUT2D eigenvalue weighted by Crippen LogP contribution is -2.52. The summed E-state index contributed by atoms with van der Waals surface area (Å²) in [6.45, 7) is 4.55. The molecule has 1 N–H and O–H groups in total. The number of halogens is 3. The van der Waals surface area contributed by atoms with E-state index in [9.17, 15) is 13.2 Å². The van der Waals surface area contributed by atoms with Crippen molar-refractivity contribution in [1.29, 1.82) is 0 Å². The Morgan fingerprint density at radius 3 is 2.55 bits per heavy atom. The fourth-order valence-corrected chi connectivity index (χ4v) is 4.28. The molecule has 2 saturated heterocycles. The van der Waals surface area contributed by atoms with Gasteiger partial charge >= 0.3 is 6.18 Å². The van der Waals surface area contributed by atoms with Gasteiger partial charge in [0, 0.05) is 44.5 Å². The van der Waals surface area contributed by atoms with Crippen molar-refractivity contribution in [2.75, 3.05) is 31.1 Å². The molecule has 2 aliphatic rings. The highest BCUT2D eigenvalue weighted by Crippen LogP contribution is 2.30. The molecule has 29 heavy (non-hydrogen) atoms. The van der Waals surface area contributed by atoms with Gasteiger partial charge < -0.3 is 14.6 Å². The Labute approximate surface area is 168 Å². The zero-order valence-electron chi connectivity index (χ0n) is 16.4. The van der Waals surface area contributed by atoms with Crippen molar-refractivity contribution in [3.8, 4) is 0 Å². The van der Waals surface area contributed by atoms with E-state index in [1.165, 1.54) is 6.07 Å². The lowest BCUT2D eigenvalue weighted by atomic mass is 10.00. The summed E-state index contributed by atoms with van der Waals surface area (Å²) in [5.41, 5.74) is -0.700. The van der Waals surface area contributed by atoms with Crippen LogP contribution < -0.4 is 10.2 Å². The van der Waals surface area contributed by atoms with Crippen LogP contribution in [0.2, 0.25) is 0 Å². The number of hydrogen-bond acceptors (Lipinski definition) is 5. The normalized spacial score (nSPS) is 22.2. The zero-order valence-corrected chi connectivity index (χ0v) is 16.4. The molecule has 0 spiro atoms. The molecule has 2 aromatic heterocycles. The van der Waals surface area contributed by atoms with E-state index in [4.69, 9.17) is 4.42 Å². The van der Waals surface area contributed by atoms with Gasteiger partial charge in [-0.2, -0.15) is 13.2 Å². The number of rotatable bonds is 5. The van der Waals surface area contributed by atoms with Crippen molar-refractivity contribution in [2.45, 2.75) is 50.5 Å². The summed E-state index contributed by atoms with van der Waals surface area (Å²) in [5.74, 6) is 1.63. The monoisotopic (exact) mass is 408 g/mol. The first kappa shape index (κ1) is 20.2. The van der Waals surface area contributed by atoms with E-state index in [-0.39, 0.29) is 0 Å². The van der Waals surface area contributed by atoms with Crippen LogP contribution in [0.3, 0.4) is 0 Å². The smallest absolute Gasteiger partial charge is 0.417 e. The molecule has 158 valence electrons. The van der Waals surface area contributed by atoms with E-state index in [0.717, 1.165) is 76.4 Å². The predicted octanol–water partition coefficient (Wildman–Crippen LogP) is 3.92. The number of anilines is 1. The highest BCUT2D eigenvalue weighted by molar-refractivity contribution is 5.40. The molecule has 2 aromatic rings. The maximum Gasteiger partial charge on any atom is 0.417 e. The van der Waals surface area contributed by atoms with Crippen LogP contribution in [-0.2, 0) is 12.7 Å². The molecule has 2 fully saturated rings. The highest BCUT2D eigenvalue weighted by atomic mass is 19.4. The van der Waals surface area contributed by atoms with Crippen LogP contribution in [-0.4, -0.2) is 48.1 Å². The highest BCUT2D eigenvalue weighted by Gasteiger charge is 2.31.